The van der Waals surface area contributed by atoms with Gasteiger partial charge in [0.2, 0.25) is 0 Å². The molecule has 0 aromatic carbocycles. The van der Waals surface area contributed by atoms with Crippen molar-refractivity contribution in [3.05, 3.63) is 34.0 Å². The van der Waals surface area contributed by atoms with Crippen molar-refractivity contribution in [2.24, 2.45) is 4.99 Å². The Hall–Kier alpha value is -1.16. The van der Waals surface area contributed by atoms with Crippen LogP contribution in [0.3, 0.4) is 0 Å². The molecular weight excluding hydrogens is 459 g/mol. The minimum atomic E-state index is 0. The average molecular weight is 488 g/mol. The van der Waals surface area contributed by atoms with E-state index in [9.17, 15) is 0 Å². The van der Waals surface area contributed by atoms with Crippen LogP contribution in [0.4, 0.5) is 0 Å². The maximum atomic E-state index is 4.64. The third-order valence-corrected chi connectivity index (χ3v) is 5.23. The molecule has 8 heteroatoms. The van der Waals surface area contributed by atoms with Gasteiger partial charge in [0.05, 0.1) is 6.54 Å². The maximum absolute atomic E-state index is 4.64. The number of hydrogen-bond acceptors (Lipinski definition) is 4. The van der Waals surface area contributed by atoms with E-state index in [0.717, 1.165) is 57.2 Å². The minimum absolute atomic E-state index is 0. The molecule has 0 saturated carbocycles. The molecule has 0 fully saturated rings. The summed E-state index contributed by atoms with van der Waals surface area (Å²) in [6.45, 7) is 5.65. The summed E-state index contributed by atoms with van der Waals surface area (Å²) >= 11 is 1.74. The molecule has 6 nitrogen and oxygen atoms in total. The lowest BCUT2D eigenvalue weighted by Gasteiger charge is -2.11. The van der Waals surface area contributed by atoms with E-state index in [1.807, 2.05) is 0 Å². The second-order valence-electron chi connectivity index (χ2n) is 6.30. The van der Waals surface area contributed by atoms with E-state index in [4.69, 9.17) is 0 Å². The van der Waals surface area contributed by atoms with Crippen molar-refractivity contribution in [1.29, 1.82) is 0 Å². The fraction of sp³-hybridized carbons (Fsp3) is 0.611. The Labute approximate surface area is 176 Å². The molecule has 144 valence electrons. The number of halogens is 1. The first-order chi connectivity index (χ1) is 12.4. The number of hydrogen-bond donors (Lipinski definition) is 2. The van der Waals surface area contributed by atoms with E-state index >= 15 is 0 Å². The van der Waals surface area contributed by atoms with Gasteiger partial charge in [-0.15, -0.1) is 45.5 Å². The Balaban J connectivity index is 0.00000243. The molecule has 3 heterocycles. The molecule has 0 saturated heterocycles. The lowest BCUT2D eigenvalue weighted by Crippen LogP contribution is -2.37. The molecule has 0 spiro atoms. The fourth-order valence-corrected chi connectivity index (χ4v) is 3.71. The Morgan fingerprint density at radius 3 is 3.00 bits per heavy atom. The monoisotopic (exact) mass is 488 g/mol. The van der Waals surface area contributed by atoms with Crippen molar-refractivity contribution in [3.8, 4) is 0 Å². The highest BCUT2D eigenvalue weighted by molar-refractivity contribution is 14.0. The maximum Gasteiger partial charge on any atom is 0.191 e. The van der Waals surface area contributed by atoms with Gasteiger partial charge >= 0.3 is 0 Å². The van der Waals surface area contributed by atoms with Gasteiger partial charge in [-0.25, -0.2) is 4.99 Å². The molecule has 0 amide bonds. The van der Waals surface area contributed by atoms with Crippen LogP contribution in [0.1, 0.15) is 49.1 Å². The second-order valence-corrected chi connectivity index (χ2v) is 7.33. The van der Waals surface area contributed by atoms with Crippen LogP contribution in [0.25, 0.3) is 0 Å². The predicted octanol–water partition coefficient (Wildman–Crippen LogP) is 3.37. The summed E-state index contributed by atoms with van der Waals surface area (Å²) in [6.07, 6.45) is 6.86. The highest BCUT2D eigenvalue weighted by atomic mass is 127. The number of nitrogens with one attached hydrogen (secondary N) is 2. The molecule has 3 rings (SSSR count). The van der Waals surface area contributed by atoms with E-state index in [2.05, 4.69) is 54.8 Å². The smallest absolute Gasteiger partial charge is 0.191 e. The van der Waals surface area contributed by atoms with Gasteiger partial charge < -0.3 is 15.2 Å². The van der Waals surface area contributed by atoms with Crippen molar-refractivity contribution < 1.29 is 0 Å². The molecule has 0 radical (unpaired) electrons. The van der Waals surface area contributed by atoms with Gasteiger partial charge in [0.25, 0.3) is 0 Å². The zero-order valence-corrected chi connectivity index (χ0v) is 18.6. The quantitative estimate of drug-likeness (QED) is 0.272. The van der Waals surface area contributed by atoms with E-state index in [1.54, 1.807) is 11.3 Å². The van der Waals surface area contributed by atoms with Crippen LogP contribution in [0.5, 0.6) is 0 Å². The third-order valence-electron chi connectivity index (χ3n) is 4.37. The van der Waals surface area contributed by atoms with Crippen LogP contribution in [0.2, 0.25) is 0 Å². The van der Waals surface area contributed by atoms with Gasteiger partial charge in [0.15, 0.2) is 5.96 Å². The first kappa shape index (κ1) is 21.1. The van der Waals surface area contributed by atoms with Gasteiger partial charge in [-0.3, -0.25) is 0 Å². The SMILES string of the molecule is CCNC(=NCc1cccs1)NCCCc1nnc2n1CCCCC2.I. The van der Waals surface area contributed by atoms with Crippen LogP contribution in [-0.2, 0) is 25.9 Å². The van der Waals surface area contributed by atoms with Crippen LogP contribution in [-0.4, -0.2) is 33.8 Å². The van der Waals surface area contributed by atoms with Gasteiger partial charge in [-0.2, -0.15) is 0 Å². The lowest BCUT2D eigenvalue weighted by molar-refractivity contribution is 0.594. The Morgan fingerprint density at radius 2 is 2.19 bits per heavy atom. The average Bonchev–Trinajstić information content (AvgIpc) is 3.21. The summed E-state index contributed by atoms with van der Waals surface area (Å²) in [6, 6.07) is 4.19. The van der Waals surface area contributed by atoms with Crippen LogP contribution in [0.15, 0.2) is 22.5 Å². The lowest BCUT2D eigenvalue weighted by atomic mass is 10.2. The molecule has 26 heavy (non-hydrogen) atoms. The van der Waals surface area contributed by atoms with Crippen molar-refractivity contribution in [2.45, 2.75) is 58.5 Å². The molecule has 0 atom stereocenters. The summed E-state index contributed by atoms with van der Waals surface area (Å²) in [4.78, 5) is 5.93. The molecule has 1 aliphatic heterocycles. The summed E-state index contributed by atoms with van der Waals surface area (Å²) in [5, 5.41) is 17.6. The van der Waals surface area contributed by atoms with Gasteiger partial charge in [0, 0.05) is 37.4 Å². The Morgan fingerprint density at radius 1 is 1.27 bits per heavy atom. The van der Waals surface area contributed by atoms with Crippen molar-refractivity contribution >= 4 is 41.3 Å². The van der Waals surface area contributed by atoms with Gasteiger partial charge in [0.1, 0.15) is 11.6 Å². The summed E-state index contributed by atoms with van der Waals surface area (Å²) < 4.78 is 2.34. The predicted molar refractivity (Wildman–Crippen MR) is 118 cm³/mol. The van der Waals surface area contributed by atoms with E-state index in [0.29, 0.717) is 0 Å². The van der Waals surface area contributed by atoms with Crippen LogP contribution in [0, 0.1) is 0 Å². The fourth-order valence-electron chi connectivity index (χ4n) is 3.08. The highest BCUT2D eigenvalue weighted by Gasteiger charge is 2.14. The number of nitrogens with zero attached hydrogens (tertiary/aromatic N) is 4. The molecular formula is C18H29IN6S. The summed E-state index contributed by atoms with van der Waals surface area (Å²) in [5.74, 6) is 3.20. The van der Waals surface area contributed by atoms with Crippen molar-refractivity contribution in [1.82, 2.24) is 25.4 Å². The topological polar surface area (TPSA) is 67.1 Å². The minimum Gasteiger partial charge on any atom is -0.357 e. The zero-order chi connectivity index (χ0) is 17.3. The number of guanidine groups is 1. The summed E-state index contributed by atoms with van der Waals surface area (Å²) in [7, 11) is 0. The van der Waals surface area contributed by atoms with Crippen LogP contribution < -0.4 is 10.6 Å². The van der Waals surface area contributed by atoms with E-state index in [-0.39, 0.29) is 24.0 Å². The van der Waals surface area contributed by atoms with Crippen molar-refractivity contribution in [2.75, 3.05) is 13.1 Å². The number of rotatable bonds is 7. The number of fused-ring (bicyclic) bond motifs is 1. The standard InChI is InChI=1S/C18H28N6S.HI/c1-2-19-18(21-14-15-8-7-13-25-15)20-11-6-10-17-23-22-16-9-4-3-5-12-24(16)17;/h7-8,13H,2-6,9-12,14H2,1H3,(H2,19,20,21);1H. The molecule has 2 aromatic heterocycles. The molecule has 2 aromatic rings. The largest absolute Gasteiger partial charge is 0.357 e. The molecule has 0 unspecified atom stereocenters. The Bertz CT molecular complexity index is 667. The number of aromatic nitrogens is 3. The van der Waals surface area contributed by atoms with Gasteiger partial charge in [-0.05, 0) is 37.6 Å². The Kier molecular flexibility index (Phi) is 9.38. The number of aliphatic imine (C=N–C) groups is 1. The third kappa shape index (κ3) is 6.22. The molecule has 2 N–H and O–H groups in total. The first-order valence-corrected chi connectivity index (χ1v) is 10.2. The van der Waals surface area contributed by atoms with Crippen molar-refractivity contribution in [3.63, 3.8) is 0 Å². The number of aryl methyl sites for hydroxylation is 2. The van der Waals surface area contributed by atoms with E-state index < -0.39 is 0 Å². The second kappa shape index (κ2) is 11.5. The first-order valence-electron chi connectivity index (χ1n) is 9.32. The molecule has 0 bridgehead atoms. The molecule has 1 aliphatic rings. The van der Waals surface area contributed by atoms with Gasteiger partial charge in [-0.1, -0.05) is 12.5 Å². The molecule has 0 aliphatic carbocycles. The zero-order valence-electron chi connectivity index (χ0n) is 15.4. The number of thiophene rings is 1. The summed E-state index contributed by atoms with van der Waals surface area (Å²) in [5.41, 5.74) is 0. The van der Waals surface area contributed by atoms with E-state index in [1.165, 1.54) is 30.0 Å². The highest BCUT2D eigenvalue weighted by Crippen LogP contribution is 2.15. The van der Waals surface area contributed by atoms with Crippen LogP contribution >= 0.6 is 35.3 Å². The normalized spacial score (nSPS) is 14.3.